The van der Waals surface area contributed by atoms with Crippen molar-refractivity contribution in [3.05, 3.63) is 81.6 Å². The molecule has 170 valence electrons. The highest BCUT2D eigenvalue weighted by Gasteiger charge is 2.33. The van der Waals surface area contributed by atoms with Crippen molar-refractivity contribution in [2.75, 3.05) is 6.61 Å². The number of esters is 2. The van der Waals surface area contributed by atoms with E-state index in [1.807, 2.05) is 17.5 Å². The number of ether oxygens (including phenoxy) is 2. The quantitative estimate of drug-likeness (QED) is 0.360. The van der Waals surface area contributed by atoms with Crippen LogP contribution < -0.4 is 19.6 Å². The van der Waals surface area contributed by atoms with Crippen LogP contribution in [0.2, 0.25) is 0 Å². The second kappa shape index (κ2) is 9.58. The summed E-state index contributed by atoms with van der Waals surface area (Å²) < 4.78 is 13.3. The number of benzene rings is 1. The fraction of sp³-hybridized carbons (Fsp3) is 0.217. The third-order valence-electron chi connectivity index (χ3n) is 4.84. The second-order valence-electron chi connectivity index (χ2n) is 7.09. The third kappa shape index (κ3) is 4.64. The molecule has 1 aliphatic heterocycles. The lowest BCUT2D eigenvalue weighted by Gasteiger charge is -2.23. The summed E-state index contributed by atoms with van der Waals surface area (Å²) in [5.41, 5.74) is 1.14. The molecule has 1 atom stereocenters. The Labute approximate surface area is 205 Å². The van der Waals surface area contributed by atoms with Crippen LogP contribution in [0.4, 0.5) is 0 Å². The minimum absolute atomic E-state index is 0.221. The Morgan fingerprint density at radius 2 is 2.09 bits per heavy atom. The molecule has 0 bridgehead atoms. The van der Waals surface area contributed by atoms with Gasteiger partial charge >= 0.3 is 11.9 Å². The van der Waals surface area contributed by atoms with Crippen LogP contribution in [0, 0.1) is 0 Å². The van der Waals surface area contributed by atoms with E-state index in [1.165, 1.54) is 34.2 Å². The van der Waals surface area contributed by atoms with E-state index in [1.54, 1.807) is 38.1 Å². The van der Waals surface area contributed by atoms with Gasteiger partial charge in [0.2, 0.25) is 0 Å². The minimum atomic E-state index is -0.627. The van der Waals surface area contributed by atoms with Crippen molar-refractivity contribution in [1.82, 2.24) is 4.57 Å². The fourth-order valence-corrected chi connectivity index (χ4v) is 5.77. The number of rotatable bonds is 5. The first-order valence-electron chi connectivity index (χ1n) is 10.0. The standard InChI is InChI=1S/C23H19BrN2O5S2/c1-4-30-22(29)19-12(2)25-23-26(20(19)17-6-5-9-32-17)21(28)18(33-23)11-14-10-15(24)7-8-16(14)31-13(3)27/h5-11,20H,4H2,1-3H3/b18-11+. The zero-order valence-corrected chi connectivity index (χ0v) is 21.2. The van der Waals surface area contributed by atoms with Crippen LogP contribution in [0.3, 0.4) is 0 Å². The van der Waals surface area contributed by atoms with Crippen LogP contribution in [0.5, 0.6) is 5.75 Å². The lowest BCUT2D eigenvalue weighted by atomic mass is 10.0. The number of carbonyl (C=O) groups excluding carboxylic acids is 2. The number of carbonyl (C=O) groups is 2. The molecule has 10 heteroatoms. The van der Waals surface area contributed by atoms with Gasteiger partial charge in [0, 0.05) is 21.8 Å². The van der Waals surface area contributed by atoms with Crippen molar-refractivity contribution in [3.8, 4) is 5.75 Å². The molecule has 0 radical (unpaired) electrons. The molecule has 0 aliphatic carbocycles. The zero-order valence-electron chi connectivity index (χ0n) is 18.0. The van der Waals surface area contributed by atoms with Gasteiger partial charge in [-0.05, 0) is 49.6 Å². The fourth-order valence-electron chi connectivity index (χ4n) is 3.53. The molecule has 0 amide bonds. The Hall–Kier alpha value is -2.82. The number of hydrogen-bond donors (Lipinski definition) is 0. The number of fused-ring (bicyclic) bond motifs is 1. The lowest BCUT2D eigenvalue weighted by molar-refractivity contribution is -0.139. The minimum Gasteiger partial charge on any atom is -0.463 e. The molecule has 2 aromatic heterocycles. The maximum Gasteiger partial charge on any atom is 0.338 e. The maximum absolute atomic E-state index is 13.6. The largest absolute Gasteiger partial charge is 0.463 e. The lowest BCUT2D eigenvalue weighted by Crippen LogP contribution is -2.39. The number of hydrogen-bond acceptors (Lipinski definition) is 8. The monoisotopic (exact) mass is 546 g/mol. The number of halogens is 1. The molecule has 4 rings (SSSR count). The number of allylic oxidation sites excluding steroid dienone is 1. The number of thiazole rings is 1. The Balaban J connectivity index is 1.94. The van der Waals surface area contributed by atoms with Gasteiger partial charge in [0.25, 0.3) is 5.56 Å². The summed E-state index contributed by atoms with van der Waals surface area (Å²) in [5, 5.41) is 1.90. The molecular formula is C23H19BrN2O5S2. The number of aromatic nitrogens is 1. The first-order valence-corrected chi connectivity index (χ1v) is 12.5. The van der Waals surface area contributed by atoms with Gasteiger partial charge in [0.1, 0.15) is 11.8 Å². The van der Waals surface area contributed by atoms with Gasteiger partial charge < -0.3 is 9.47 Å². The third-order valence-corrected chi connectivity index (χ3v) is 7.24. The first-order chi connectivity index (χ1) is 15.8. The normalized spacial score (nSPS) is 15.8. The summed E-state index contributed by atoms with van der Waals surface area (Å²) in [6.07, 6.45) is 1.67. The Morgan fingerprint density at radius 1 is 1.30 bits per heavy atom. The summed E-state index contributed by atoms with van der Waals surface area (Å²) >= 11 is 6.09. The van der Waals surface area contributed by atoms with Crippen molar-refractivity contribution < 1.29 is 19.1 Å². The van der Waals surface area contributed by atoms with Crippen LogP contribution in [0.25, 0.3) is 6.08 Å². The van der Waals surface area contributed by atoms with Gasteiger partial charge in [0.05, 0.1) is 22.4 Å². The van der Waals surface area contributed by atoms with Gasteiger partial charge in [-0.15, -0.1) is 11.3 Å². The second-order valence-corrected chi connectivity index (χ2v) is 10.00. The molecule has 0 N–H and O–H groups in total. The van der Waals surface area contributed by atoms with Crippen LogP contribution in [-0.4, -0.2) is 23.1 Å². The molecular weight excluding hydrogens is 528 g/mol. The number of nitrogens with zero attached hydrogens (tertiary/aromatic N) is 2. The molecule has 0 saturated carbocycles. The average Bonchev–Trinajstić information content (AvgIpc) is 3.38. The van der Waals surface area contributed by atoms with E-state index in [0.717, 1.165) is 9.35 Å². The number of thiophene rings is 1. The van der Waals surface area contributed by atoms with Crippen LogP contribution in [0.1, 0.15) is 37.3 Å². The molecule has 1 unspecified atom stereocenters. The van der Waals surface area contributed by atoms with E-state index in [-0.39, 0.29) is 12.2 Å². The highest BCUT2D eigenvalue weighted by molar-refractivity contribution is 9.10. The summed E-state index contributed by atoms with van der Waals surface area (Å²) in [7, 11) is 0. The van der Waals surface area contributed by atoms with Crippen molar-refractivity contribution in [1.29, 1.82) is 0 Å². The van der Waals surface area contributed by atoms with Gasteiger partial charge in [-0.25, -0.2) is 9.79 Å². The van der Waals surface area contributed by atoms with E-state index in [4.69, 9.17) is 9.47 Å². The van der Waals surface area contributed by atoms with Gasteiger partial charge in [-0.2, -0.15) is 0 Å². The van der Waals surface area contributed by atoms with Gasteiger partial charge in [-0.3, -0.25) is 14.2 Å². The molecule has 0 spiro atoms. The van der Waals surface area contributed by atoms with E-state index >= 15 is 0 Å². The van der Waals surface area contributed by atoms with Gasteiger partial charge in [-0.1, -0.05) is 33.3 Å². The predicted octanol–water partition coefficient (Wildman–Crippen LogP) is 3.55. The highest BCUT2D eigenvalue weighted by Crippen LogP contribution is 2.33. The zero-order chi connectivity index (χ0) is 23.7. The molecule has 3 aromatic rings. The van der Waals surface area contributed by atoms with E-state index < -0.39 is 18.0 Å². The Bertz CT molecular complexity index is 1450. The van der Waals surface area contributed by atoms with Crippen molar-refractivity contribution in [2.24, 2.45) is 4.99 Å². The van der Waals surface area contributed by atoms with E-state index in [0.29, 0.717) is 31.9 Å². The molecule has 33 heavy (non-hydrogen) atoms. The summed E-state index contributed by atoms with van der Waals surface area (Å²) in [4.78, 5) is 43.8. The van der Waals surface area contributed by atoms with Crippen LogP contribution in [-0.2, 0) is 14.3 Å². The van der Waals surface area contributed by atoms with Crippen molar-refractivity contribution >= 4 is 56.6 Å². The molecule has 0 saturated heterocycles. The van der Waals surface area contributed by atoms with Crippen molar-refractivity contribution in [3.63, 3.8) is 0 Å². The van der Waals surface area contributed by atoms with Gasteiger partial charge in [0.15, 0.2) is 4.80 Å². The van der Waals surface area contributed by atoms with Crippen LogP contribution in [0.15, 0.2) is 61.2 Å². The first kappa shape index (κ1) is 23.3. The maximum atomic E-state index is 13.6. The summed E-state index contributed by atoms with van der Waals surface area (Å²) in [5.74, 6) is -0.605. The highest BCUT2D eigenvalue weighted by atomic mass is 79.9. The van der Waals surface area contributed by atoms with E-state index in [2.05, 4.69) is 20.9 Å². The molecule has 1 aliphatic rings. The van der Waals surface area contributed by atoms with E-state index in [9.17, 15) is 14.4 Å². The SMILES string of the molecule is CCOC(=O)C1=C(C)N=c2s/c(=C/c3cc(Br)ccc3OC(C)=O)c(=O)n2C1c1cccs1. The molecule has 1 aromatic carbocycles. The smallest absolute Gasteiger partial charge is 0.338 e. The molecule has 0 fully saturated rings. The Kier molecular flexibility index (Phi) is 6.78. The topological polar surface area (TPSA) is 87.0 Å². The average molecular weight is 547 g/mol. The van der Waals surface area contributed by atoms with Crippen molar-refractivity contribution in [2.45, 2.75) is 26.8 Å². The Morgan fingerprint density at radius 3 is 2.76 bits per heavy atom. The summed E-state index contributed by atoms with van der Waals surface area (Å²) in [6, 6.07) is 8.31. The summed E-state index contributed by atoms with van der Waals surface area (Å²) in [6.45, 7) is 5.03. The predicted molar refractivity (Wildman–Crippen MR) is 130 cm³/mol. The molecule has 7 nitrogen and oxygen atoms in total. The molecule has 3 heterocycles. The van der Waals surface area contributed by atoms with Crippen LogP contribution >= 0.6 is 38.6 Å².